The summed E-state index contributed by atoms with van der Waals surface area (Å²) in [6, 6.07) is 2.04. The van der Waals surface area contributed by atoms with Crippen molar-refractivity contribution in [3.8, 4) is 0 Å². The predicted molar refractivity (Wildman–Crippen MR) is 65.5 cm³/mol. The van der Waals surface area contributed by atoms with Gasteiger partial charge >= 0.3 is 0 Å². The summed E-state index contributed by atoms with van der Waals surface area (Å²) in [4.78, 5) is 7.55. The van der Waals surface area contributed by atoms with Crippen LogP contribution in [-0.4, -0.2) is 23.1 Å². The van der Waals surface area contributed by atoms with Gasteiger partial charge in [-0.05, 0) is 36.4 Å². The van der Waals surface area contributed by atoms with Crippen molar-refractivity contribution in [2.45, 2.75) is 19.3 Å². The number of aromatic amines is 1. The number of hydrogen-bond acceptors (Lipinski definition) is 2. The first-order chi connectivity index (χ1) is 7.84. The molecule has 0 saturated carbocycles. The van der Waals surface area contributed by atoms with Crippen LogP contribution in [0.3, 0.4) is 0 Å². The van der Waals surface area contributed by atoms with E-state index in [0.717, 1.165) is 19.0 Å². The van der Waals surface area contributed by atoms with Crippen LogP contribution in [0, 0.1) is 5.92 Å². The molecule has 0 aromatic carbocycles. The zero-order valence-corrected chi connectivity index (χ0v) is 9.53. The molecule has 0 spiro atoms. The van der Waals surface area contributed by atoms with Crippen LogP contribution in [0.15, 0.2) is 24.7 Å². The standard InChI is InChI=1S/C13H17N3/c1-9-4-10(6-15-5-9)11-8-16-13-2-3-14-7-12(11)13/h2-3,7-10,15-16H,4-6H2,1H3/t9-,10-/m0/s1. The highest BCUT2D eigenvalue weighted by Gasteiger charge is 2.22. The monoisotopic (exact) mass is 215 g/mol. The van der Waals surface area contributed by atoms with Gasteiger partial charge in [0, 0.05) is 36.0 Å². The highest BCUT2D eigenvalue weighted by molar-refractivity contribution is 5.82. The number of nitrogens with one attached hydrogen (secondary N) is 2. The molecule has 84 valence electrons. The van der Waals surface area contributed by atoms with E-state index in [9.17, 15) is 0 Å². The normalized spacial score (nSPS) is 26.1. The van der Waals surface area contributed by atoms with Crippen molar-refractivity contribution < 1.29 is 0 Å². The third-order valence-corrected chi connectivity index (χ3v) is 3.53. The van der Waals surface area contributed by atoms with E-state index in [1.165, 1.54) is 22.9 Å². The summed E-state index contributed by atoms with van der Waals surface area (Å²) in [5, 5.41) is 4.78. The number of nitrogens with zero attached hydrogens (tertiary/aromatic N) is 1. The molecule has 0 amide bonds. The highest BCUT2D eigenvalue weighted by Crippen LogP contribution is 2.31. The van der Waals surface area contributed by atoms with Crippen LogP contribution in [0.2, 0.25) is 0 Å². The lowest BCUT2D eigenvalue weighted by molar-refractivity contribution is 0.365. The molecule has 16 heavy (non-hydrogen) atoms. The Hall–Kier alpha value is -1.35. The second kappa shape index (κ2) is 3.91. The third-order valence-electron chi connectivity index (χ3n) is 3.53. The molecule has 0 aliphatic carbocycles. The van der Waals surface area contributed by atoms with Crippen molar-refractivity contribution in [3.63, 3.8) is 0 Å². The van der Waals surface area contributed by atoms with E-state index in [2.05, 4.69) is 28.4 Å². The van der Waals surface area contributed by atoms with Crippen LogP contribution >= 0.6 is 0 Å². The maximum atomic E-state index is 4.22. The van der Waals surface area contributed by atoms with Crippen LogP contribution in [0.1, 0.15) is 24.8 Å². The molecule has 0 unspecified atom stereocenters. The molecule has 0 radical (unpaired) electrons. The van der Waals surface area contributed by atoms with Gasteiger partial charge in [-0.15, -0.1) is 0 Å². The lowest BCUT2D eigenvalue weighted by Gasteiger charge is -2.27. The van der Waals surface area contributed by atoms with Crippen molar-refractivity contribution in [2.75, 3.05) is 13.1 Å². The van der Waals surface area contributed by atoms with Crippen molar-refractivity contribution >= 4 is 10.9 Å². The van der Waals surface area contributed by atoms with Crippen LogP contribution in [0.5, 0.6) is 0 Å². The van der Waals surface area contributed by atoms with E-state index in [-0.39, 0.29) is 0 Å². The molecule has 2 aromatic heterocycles. The predicted octanol–water partition coefficient (Wildman–Crippen LogP) is 2.28. The molecule has 0 bridgehead atoms. The Kier molecular flexibility index (Phi) is 2.40. The van der Waals surface area contributed by atoms with E-state index >= 15 is 0 Å². The van der Waals surface area contributed by atoms with Gasteiger partial charge in [0.05, 0.1) is 0 Å². The largest absolute Gasteiger partial charge is 0.361 e. The smallest absolute Gasteiger partial charge is 0.0487 e. The Morgan fingerprint density at radius 2 is 2.31 bits per heavy atom. The molecule has 2 N–H and O–H groups in total. The highest BCUT2D eigenvalue weighted by atomic mass is 14.9. The molecule has 3 nitrogen and oxygen atoms in total. The number of hydrogen-bond donors (Lipinski definition) is 2. The molecule has 2 atom stereocenters. The first kappa shape index (κ1) is 9.85. The van der Waals surface area contributed by atoms with Gasteiger partial charge in [0.2, 0.25) is 0 Å². The van der Waals surface area contributed by atoms with Crippen molar-refractivity contribution in [1.29, 1.82) is 0 Å². The second-order valence-corrected chi connectivity index (χ2v) is 4.86. The van der Waals surface area contributed by atoms with E-state index in [1.807, 2.05) is 18.5 Å². The average molecular weight is 215 g/mol. The molecule has 1 saturated heterocycles. The quantitative estimate of drug-likeness (QED) is 0.766. The number of fused-ring (bicyclic) bond motifs is 1. The Labute approximate surface area is 95.3 Å². The Bertz CT molecular complexity index is 489. The fourth-order valence-corrected chi connectivity index (χ4v) is 2.71. The Morgan fingerprint density at radius 3 is 3.19 bits per heavy atom. The zero-order chi connectivity index (χ0) is 11.0. The zero-order valence-electron chi connectivity index (χ0n) is 9.53. The molecule has 3 rings (SSSR count). The van der Waals surface area contributed by atoms with Gasteiger partial charge in [-0.25, -0.2) is 0 Å². The summed E-state index contributed by atoms with van der Waals surface area (Å²) in [6.07, 6.45) is 7.23. The average Bonchev–Trinajstić information content (AvgIpc) is 2.72. The van der Waals surface area contributed by atoms with Gasteiger partial charge in [-0.3, -0.25) is 4.98 Å². The second-order valence-electron chi connectivity index (χ2n) is 4.86. The fourth-order valence-electron chi connectivity index (χ4n) is 2.71. The fraction of sp³-hybridized carbons (Fsp3) is 0.462. The molecule has 3 heterocycles. The Balaban J connectivity index is 1.99. The summed E-state index contributed by atoms with van der Waals surface area (Å²) < 4.78 is 0. The van der Waals surface area contributed by atoms with E-state index in [1.54, 1.807) is 0 Å². The minimum Gasteiger partial charge on any atom is -0.361 e. The topological polar surface area (TPSA) is 40.7 Å². The molecular formula is C13H17N3. The third kappa shape index (κ3) is 1.61. The van der Waals surface area contributed by atoms with E-state index < -0.39 is 0 Å². The maximum absolute atomic E-state index is 4.22. The lowest BCUT2D eigenvalue weighted by atomic mass is 9.86. The van der Waals surface area contributed by atoms with Crippen LogP contribution in [-0.2, 0) is 0 Å². The van der Waals surface area contributed by atoms with Crippen LogP contribution < -0.4 is 5.32 Å². The van der Waals surface area contributed by atoms with Crippen molar-refractivity contribution in [1.82, 2.24) is 15.3 Å². The van der Waals surface area contributed by atoms with Gasteiger partial charge in [-0.1, -0.05) is 6.92 Å². The summed E-state index contributed by atoms with van der Waals surface area (Å²) in [6.45, 7) is 4.55. The minimum atomic E-state index is 0.627. The molecule has 2 aromatic rings. The minimum absolute atomic E-state index is 0.627. The van der Waals surface area contributed by atoms with Gasteiger partial charge < -0.3 is 10.3 Å². The maximum Gasteiger partial charge on any atom is 0.0487 e. The number of pyridine rings is 1. The lowest BCUT2D eigenvalue weighted by Crippen LogP contribution is -2.33. The van der Waals surface area contributed by atoms with Crippen LogP contribution in [0.4, 0.5) is 0 Å². The Morgan fingerprint density at radius 1 is 1.38 bits per heavy atom. The van der Waals surface area contributed by atoms with Gasteiger partial charge in [0.1, 0.15) is 0 Å². The molecular weight excluding hydrogens is 198 g/mol. The number of piperidine rings is 1. The van der Waals surface area contributed by atoms with E-state index in [4.69, 9.17) is 0 Å². The van der Waals surface area contributed by atoms with Crippen LogP contribution in [0.25, 0.3) is 10.9 Å². The molecule has 3 heteroatoms. The van der Waals surface area contributed by atoms with Crippen molar-refractivity contribution in [2.24, 2.45) is 5.92 Å². The summed E-state index contributed by atoms with van der Waals surface area (Å²) in [5.74, 6) is 1.39. The van der Waals surface area contributed by atoms with Gasteiger partial charge in [0.15, 0.2) is 0 Å². The first-order valence-corrected chi connectivity index (χ1v) is 5.96. The van der Waals surface area contributed by atoms with Gasteiger partial charge in [-0.2, -0.15) is 0 Å². The number of aromatic nitrogens is 2. The number of rotatable bonds is 1. The molecule has 1 fully saturated rings. The molecule has 1 aliphatic heterocycles. The van der Waals surface area contributed by atoms with Crippen molar-refractivity contribution in [3.05, 3.63) is 30.2 Å². The SMILES string of the molecule is C[C@@H]1CNC[C@@H](c2c[nH]c3ccncc23)C1. The first-order valence-electron chi connectivity index (χ1n) is 5.96. The molecule has 1 aliphatic rings. The van der Waals surface area contributed by atoms with E-state index in [0.29, 0.717) is 5.92 Å². The summed E-state index contributed by atoms with van der Waals surface area (Å²) >= 11 is 0. The van der Waals surface area contributed by atoms with Gasteiger partial charge in [0.25, 0.3) is 0 Å². The number of H-pyrrole nitrogens is 1. The summed E-state index contributed by atoms with van der Waals surface area (Å²) in [7, 11) is 0. The summed E-state index contributed by atoms with van der Waals surface area (Å²) in [5.41, 5.74) is 2.62.